The van der Waals surface area contributed by atoms with Gasteiger partial charge in [-0.15, -0.1) is 6.42 Å². The van der Waals surface area contributed by atoms with Crippen LogP contribution in [0.4, 0.5) is 0 Å². The number of alkyl halides is 1. The number of hydrogen-bond donors (Lipinski definition) is 0. The molecule has 57 heavy (non-hydrogen) atoms. The minimum absolute atomic E-state index is 0. The third-order valence-corrected chi connectivity index (χ3v) is 9.91. The number of ether oxygens (including phenoxy) is 2. The van der Waals surface area contributed by atoms with E-state index in [0.29, 0.717) is 6.61 Å². The Labute approximate surface area is 381 Å². The average molecular weight is 844 g/mol. The van der Waals surface area contributed by atoms with Crippen molar-refractivity contribution in [3.05, 3.63) is 89.0 Å². The minimum Gasteiger partial charge on any atom is -0.494 e. The molecule has 3 heteroatoms. The van der Waals surface area contributed by atoms with Gasteiger partial charge in [0, 0.05) is 102 Å². The van der Waals surface area contributed by atoms with Crippen molar-refractivity contribution < 1.29 is 40.9 Å². The van der Waals surface area contributed by atoms with Crippen LogP contribution in [0.2, 0.25) is 0 Å². The molecular formula is C54H83BrO2. The van der Waals surface area contributed by atoms with E-state index < -0.39 is 0 Å². The van der Waals surface area contributed by atoms with Gasteiger partial charge in [-0.2, -0.15) is 0 Å². The molecule has 0 N–H and O–H groups in total. The molecule has 3 aromatic carbocycles. The zero-order chi connectivity index (χ0) is 40.1. The molecule has 0 fully saturated rings. The maximum atomic E-state index is 6.28. The summed E-state index contributed by atoms with van der Waals surface area (Å²) >= 11 is 4.21. The highest BCUT2D eigenvalue weighted by molar-refractivity contribution is 9.10. The molecule has 0 amide bonds. The van der Waals surface area contributed by atoms with E-state index in [4.69, 9.17) is 15.9 Å². The Bertz CT molecular complexity index is 2660. The molecule has 0 aromatic heterocycles. The summed E-state index contributed by atoms with van der Waals surface area (Å²) in [5.41, 5.74) is 7.56. The second-order valence-corrected chi connectivity index (χ2v) is 13.8. The molecule has 318 valence electrons. The summed E-state index contributed by atoms with van der Waals surface area (Å²) < 4.78 is 11.2. The van der Waals surface area contributed by atoms with Gasteiger partial charge in [0.05, 0.1) is 6.61 Å². The standard InChI is InChI=1S/C54H39BrO2.22H2/c1-3-4-5-6-7-8-9-10-11-12-13-14-15-16-17-18-21-24-27-32-42-56-43-33-28-25-22-19-20-23-26-29-34-44-57-49-40-41-51-50-38-30-31-39-52(50)54(55,53(51)46-49)48-37-35-36-47(2)45-48;;;;;;;;;;;;;;;;;;;;;;/h1,30-31,35-41,45-46H,19-20,22-23,25-26,28-29,33-34,43-44H2,2H3;22*1H. The van der Waals surface area contributed by atoms with E-state index in [-0.39, 0.29) is 35.7 Å². The molecule has 1 unspecified atom stereocenters. The predicted molar refractivity (Wildman–Crippen MR) is 283 cm³/mol. The highest BCUT2D eigenvalue weighted by atomic mass is 79.9. The van der Waals surface area contributed by atoms with Gasteiger partial charge in [-0.05, 0) is 107 Å². The Hall–Kier alpha value is -7.10. The van der Waals surface area contributed by atoms with Crippen LogP contribution < -0.4 is 4.74 Å². The first-order valence-corrected chi connectivity index (χ1v) is 19.6. The van der Waals surface area contributed by atoms with Crippen LogP contribution in [0.5, 0.6) is 5.75 Å². The fraction of sp³-hybridized carbons (Fsp3) is 0.259. The van der Waals surface area contributed by atoms with Gasteiger partial charge in [-0.1, -0.05) is 127 Å². The van der Waals surface area contributed by atoms with Gasteiger partial charge in [-0.3, -0.25) is 0 Å². The number of aryl methyl sites for hydroxylation is 1. The quantitative estimate of drug-likeness (QED) is 0.0862. The molecule has 1 aliphatic carbocycles. The lowest BCUT2D eigenvalue weighted by molar-refractivity contribution is 0.267. The molecule has 0 bridgehead atoms. The van der Waals surface area contributed by atoms with Crippen LogP contribution in [0, 0.1) is 138 Å². The lowest BCUT2D eigenvalue weighted by Crippen LogP contribution is -2.18. The van der Waals surface area contributed by atoms with Crippen molar-refractivity contribution in [2.24, 2.45) is 0 Å². The molecule has 0 aliphatic heterocycles. The van der Waals surface area contributed by atoms with Gasteiger partial charge in [0.1, 0.15) is 22.8 Å². The molecular weight excluding hydrogens is 760 g/mol. The van der Waals surface area contributed by atoms with Crippen LogP contribution in [0.25, 0.3) is 11.1 Å². The van der Waals surface area contributed by atoms with E-state index in [2.05, 4.69) is 214 Å². The normalized spacial score (nSPS) is 11.5. The smallest absolute Gasteiger partial charge is 0.124 e. The number of benzene rings is 3. The fourth-order valence-electron chi connectivity index (χ4n) is 6.03. The van der Waals surface area contributed by atoms with Gasteiger partial charge in [-0.25, -0.2) is 0 Å². The van der Waals surface area contributed by atoms with E-state index in [1.54, 1.807) is 0 Å². The van der Waals surface area contributed by atoms with Gasteiger partial charge in [0.2, 0.25) is 0 Å². The van der Waals surface area contributed by atoms with Crippen LogP contribution in [-0.4, -0.2) is 13.2 Å². The number of rotatable bonds is 15. The number of terminal acetylenes is 1. The molecule has 0 radical (unpaired) electrons. The summed E-state index contributed by atoms with van der Waals surface area (Å²) in [6, 6.07) is 24.0. The van der Waals surface area contributed by atoms with E-state index in [1.807, 2.05) is 0 Å². The Balaban J connectivity index is -0.0000000963. The second kappa shape index (κ2) is 25.8. The number of unbranched alkanes of at least 4 members (excludes halogenated alkanes) is 9. The van der Waals surface area contributed by atoms with Crippen LogP contribution >= 0.6 is 15.9 Å². The Kier molecular flexibility index (Phi) is 19.3. The molecule has 1 aliphatic rings. The highest BCUT2D eigenvalue weighted by Crippen LogP contribution is 2.56. The topological polar surface area (TPSA) is 18.5 Å². The summed E-state index contributed by atoms with van der Waals surface area (Å²) in [6.07, 6.45) is 19.5. The zero-order valence-corrected chi connectivity index (χ0v) is 33.7. The first-order chi connectivity index (χ1) is 28.1. The first kappa shape index (κ1) is 42.6. The van der Waals surface area contributed by atoms with Gasteiger partial charge in [0.25, 0.3) is 0 Å². The summed E-state index contributed by atoms with van der Waals surface area (Å²) in [6.45, 7) is 3.49. The average Bonchev–Trinajstić information content (AvgIpc) is 3.49. The predicted octanol–water partition coefficient (Wildman–Crippen LogP) is 15.0. The Morgan fingerprint density at radius 1 is 0.509 bits per heavy atom. The largest absolute Gasteiger partial charge is 0.494 e. The molecule has 0 spiro atoms. The fourth-order valence-corrected chi connectivity index (χ4v) is 6.95. The van der Waals surface area contributed by atoms with Crippen LogP contribution in [0.3, 0.4) is 0 Å². The molecule has 0 saturated heterocycles. The third-order valence-electron chi connectivity index (χ3n) is 8.60. The Morgan fingerprint density at radius 3 is 1.56 bits per heavy atom. The lowest BCUT2D eigenvalue weighted by atomic mass is 9.88. The molecule has 0 heterocycles. The number of halogens is 1. The number of hydrogen-bond acceptors (Lipinski definition) is 2. The van der Waals surface area contributed by atoms with E-state index in [1.165, 1.54) is 78.3 Å². The molecule has 3 aromatic rings. The lowest BCUT2D eigenvalue weighted by Gasteiger charge is -2.26. The minimum atomic E-state index is -0.389. The maximum Gasteiger partial charge on any atom is 0.124 e. The number of fused-ring (bicyclic) bond motifs is 3. The third kappa shape index (κ3) is 14.9. The van der Waals surface area contributed by atoms with E-state index >= 15 is 0 Å². The SMILES string of the molecule is C#CC#CC#CC#CC#CC#CC#CC#CC#CC#CC#COCCCCCCCCCCCCOc1ccc2c(c1)C(Br)(c1cccc(C)c1)c1ccccc1-2.[HH].[HH].[HH].[HH].[HH].[HH].[HH].[HH].[HH].[HH].[HH].[HH].[HH].[HH].[HH].[HH].[HH].[HH].[HH].[HH].[HH].[HH]. The Morgan fingerprint density at radius 2 is 1.00 bits per heavy atom. The van der Waals surface area contributed by atoms with E-state index in [0.717, 1.165) is 31.6 Å². The van der Waals surface area contributed by atoms with Gasteiger partial charge >= 0.3 is 0 Å². The molecule has 1 atom stereocenters. The summed E-state index contributed by atoms with van der Waals surface area (Å²) in [4.78, 5) is 0. The van der Waals surface area contributed by atoms with Crippen LogP contribution in [-0.2, 0) is 9.06 Å². The molecule has 4 rings (SSSR count). The van der Waals surface area contributed by atoms with E-state index in [9.17, 15) is 0 Å². The van der Waals surface area contributed by atoms with Crippen LogP contribution in [0.1, 0.15) is 118 Å². The summed E-state index contributed by atoms with van der Waals surface area (Å²) in [7, 11) is 0. The molecule has 0 saturated carbocycles. The maximum absolute atomic E-state index is 6.28. The monoisotopic (exact) mass is 843 g/mol. The van der Waals surface area contributed by atoms with Crippen LogP contribution in [0.15, 0.2) is 66.7 Å². The summed E-state index contributed by atoms with van der Waals surface area (Å²) in [5, 5.41) is 0. The van der Waals surface area contributed by atoms with Gasteiger partial charge in [0.15, 0.2) is 0 Å². The second-order valence-electron chi connectivity index (χ2n) is 12.6. The highest BCUT2D eigenvalue weighted by Gasteiger charge is 2.42. The zero-order valence-electron chi connectivity index (χ0n) is 32.1. The van der Waals surface area contributed by atoms with Crippen molar-refractivity contribution in [2.45, 2.75) is 75.5 Å². The van der Waals surface area contributed by atoms with Crippen molar-refractivity contribution in [2.75, 3.05) is 13.2 Å². The van der Waals surface area contributed by atoms with Crippen molar-refractivity contribution in [1.29, 1.82) is 0 Å². The van der Waals surface area contributed by atoms with Crippen molar-refractivity contribution in [1.82, 2.24) is 0 Å². The van der Waals surface area contributed by atoms with Crippen molar-refractivity contribution in [3.8, 4) is 148 Å². The molecule has 2 nitrogen and oxygen atoms in total. The first-order valence-electron chi connectivity index (χ1n) is 18.9. The van der Waals surface area contributed by atoms with Crippen molar-refractivity contribution in [3.63, 3.8) is 0 Å². The summed E-state index contributed by atoms with van der Waals surface area (Å²) in [5.74, 6) is 51.1. The van der Waals surface area contributed by atoms with Gasteiger partial charge < -0.3 is 9.47 Å². The van der Waals surface area contributed by atoms with Crippen molar-refractivity contribution >= 4 is 15.9 Å².